The molecule has 140 valence electrons. The third-order valence-corrected chi connectivity index (χ3v) is 5.47. The van der Waals surface area contributed by atoms with E-state index in [9.17, 15) is 9.90 Å². The first-order valence-corrected chi connectivity index (χ1v) is 9.54. The molecule has 6 nitrogen and oxygen atoms in total. The van der Waals surface area contributed by atoms with Crippen molar-refractivity contribution in [2.75, 3.05) is 32.8 Å². The molecule has 3 rings (SSSR count). The van der Waals surface area contributed by atoms with Crippen LogP contribution in [0.2, 0.25) is 0 Å². The maximum Gasteiger partial charge on any atom is 0.253 e. The molecule has 1 aromatic rings. The average molecular weight is 349 g/mol. The Morgan fingerprint density at radius 1 is 1.40 bits per heavy atom. The summed E-state index contributed by atoms with van der Waals surface area (Å²) < 4.78 is 7.19. The van der Waals surface area contributed by atoms with E-state index < -0.39 is 5.60 Å². The maximum absolute atomic E-state index is 12.3. The highest BCUT2D eigenvalue weighted by atomic mass is 16.5. The van der Waals surface area contributed by atoms with Crippen molar-refractivity contribution >= 4 is 0 Å². The van der Waals surface area contributed by atoms with Crippen LogP contribution in [0.15, 0.2) is 17.2 Å². The molecule has 0 saturated carbocycles. The number of rotatable bonds is 5. The van der Waals surface area contributed by atoms with Crippen molar-refractivity contribution in [2.24, 2.45) is 5.92 Å². The first-order chi connectivity index (χ1) is 12.0. The summed E-state index contributed by atoms with van der Waals surface area (Å²) >= 11 is 0. The van der Waals surface area contributed by atoms with E-state index in [1.807, 2.05) is 13.8 Å². The minimum Gasteiger partial charge on any atom is -0.386 e. The number of nitrogens with zero attached hydrogens (tertiary/aromatic N) is 3. The molecule has 1 unspecified atom stereocenters. The highest BCUT2D eigenvalue weighted by molar-refractivity contribution is 5.04. The van der Waals surface area contributed by atoms with Crippen LogP contribution in [0.1, 0.15) is 51.1 Å². The van der Waals surface area contributed by atoms with Gasteiger partial charge in [0.2, 0.25) is 0 Å². The quantitative estimate of drug-likeness (QED) is 0.875. The molecular formula is C19H31N3O3. The molecule has 0 radical (unpaired) electrons. The Hall–Kier alpha value is -1.24. The summed E-state index contributed by atoms with van der Waals surface area (Å²) in [5.41, 5.74) is 0.229. The molecule has 2 aliphatic heterocycles. The van der Waals surface area contributed by atoms with Gasteiger partial charge in [0.05, 0.1) is 18.6 Å². The van der Waals surface area contributed by atoms with Crippen molar-refractivity contribution in [1.82, 2.24) is 14.5 Å². The zero-order chi connectivity index (χ0) is 17.9. The highest BCUT2D eigenvalue weighted by Crippen LogP contribution is 2.24. The van der Waals surface area contributed by atoms with Crippen LogP contribution < -0.4 is 5.56 Å². The summed E-state index contributed by atoms with van der Waals surface area (Å²) in [6.07, 6.45) is 5.57. The van der Waals surface area contributed by atoms with Gasteiger partial charge in [-0.25, -0.2) is 4.98 Å². The number of hydrogen-bond donors (Lipinski definition) is 1. The Morgan fingerprint density at radius 3 is 2.76 bits per heavy atom. The largest absolute Gasteiger partial charge is 0.386 e. The van der Waals surface area contributed by atoms with Gasteiger partial charge in [-0.05, 0) is 50.6 Å². The molecule has 1 atom stereocenters. The molecule has 25 heavy (non-hydrogen) atoms. The SMILES string of the molecule is CC(C)c1cc(=O)n(CC2CCN(CC3(O)CCCOC3)CC2)cn1. The lowest BCUT2D eigenvalue weighted by Gasteiger charge is -2.39. The Morgan fingerprint density at radius 2 is 2.16 bits per heavy atom. The van der Waals surface area contributed by atoms with Gasteiger partial charge in [-0.3, -0.25) is 9.36 Å². The summed E-state index contributed by atoms with van der Waals surface area (Å²) in [4.78, 5) is 19.0. The van der Waals surface area contributed by atoms with Crippen LogP contribution in [0.25, 0.3) is 0 Å². The van der Waals surface area contributed by atoms with E-state index >= 15 is 0 Å². The standard InChI is InChI=1S/C19H31N3O3/c1-15(2)17-10-18(23)22(14-20-17)11-16-4-7-21(8-5-16)12-19(24)6-3-9-25-13-19/h10,14-16,24H,3-9,11-13H2,1-2H3. The van der Waals surface area contributed by atoms with Crippen molar-refractivity contribution in [2.45, 2.75) is 57.6 Å². The molecule has 1 aromatic heterocycles. The molecule has 2 saturated heterocycles. The first-order valence-electron chi connectivity index (χ1n) is 9.54. The van der Waals surface area contributed by atoms with Gasteiger partial charge < -0.3 is 14.7 Å². The zero-order valence-electron chi connectivity index (χ0n) is 15.5. The molecule has 3 heterocycles. The van der Waals surface area contributed by atoms with Crippen molar-refractivity contribution in [3.05, 3.63) is 28.4 Å². The number of likely N-dealkylation sites (tertiary alicyclic amines) is 1. The lowest BCUT2D eigenvalue weighted by molar-refractivity contribution is -0.103. The molecular weight excluding hydrogens is 318 g/mol. The maximum atomic E-state index is 12.3. The smallest absolute Gasteiger partial charge is 0.253 e. The minimum absolute atomic E-state index is 0.0507. The second kappa shape index (κ2) is 7.98. The summed E-state index contributed by atoms with van der Waals surface area (Å²) in [5.74, 6) is 0.776. The van der Waals surface area contributed by atoms with Gasteiger partial charge in [0.1, 0.15) is 5.60 Å². The Bertz CT molecular complexity index is 615. The molecule has 0 amide bonds. The van der Waals surface area contributed by atoms with E-state index in [1.54, 1.807) is 17.0 Å². The van der Waals surface area contributed by atoms with Crippen molar-refractivity contribution in [3.63, 3.8) is 0 Å². The molecule has 2 aliphatic rings. The van der Waals surface area contributed by atoms with Crippen molar-refractivity contribution in [3.8, 4) is 0 Å². The monoisotopic (exact) mass is 349 g/mol. The van der Waals surface area contributed by atoms with Gasteiger partial charge in [-0.2, -0.15) is 0 Å². The Labute approximate surface area is 149 Å². The van der Waals surface area contributed by atoms with Crippen LogP contribution in [0.5, 0.6) is 0 Å². The molecule has 0 spiro atoms. The second-order valence-corrected chi connectivity index (χ2v) is 8.06. The van der Waals surface area contributed by atoms with Crippen LogP contribution >= 0.6 is 0 Å². The number of ether oxygens (including phenoxy) is 1. The predicted molar refractivity (Wildman–Crippen MR) is 96.8 cm³/mol. The highest BCUT2D eigenvalue weighted by Gasteiger charge is 2.33. The molecule has 6 heteroatoms. The number of aromatic nitrogens is 2. The Balaban J connectivity index is 1.50. The summed E-state index contributed by atoms with van der Waals surface area (Å²) in [5, 5.41) is 10.6. The molecule has 1 N–H and O–H groups in total. The van der Waals surface area contributed by atoms with Gasteiger partial charge in [-0.15, -0.1) is 0 Å². The van der Waals surface area contributed by atoms with E-state index in [0.717, 1.165) is 57.6 Å². The number of piperidine rings is 1. The fourth-order valence-electron chi connectivity index (χ4n) is 3.88. The second-order valence-electron chi connectivity index (χ2n) is 8.06. The third-order valence-electron chi connectivity index (χ3n) is 5.47. The fraction of sp³-hybridized carbons (Fsp3) is 0.789. The van der Waals surface area contributed by atoms with Crippen LogP contribution in [0, 0.1) is 5.92 Å². The van der Waals surface area contributed by atoms with Gasteiger partial charge >= 0.3 is 0 Å². The van der Waals surface area contributed by atoms with E-state index in [-0.39, 0.29) is 11.5 Å². The van der Waals surface area contributed by atoms with E-state index in [1.165, 1.54) is 0 Å². The lowest BCUT2D eigenvalue weighted by Crippen LogP contribution is -2.50. The Kier molecular flexibility index (Phi) is 5.92. The van der Waals surface area contributed by atoms with Gasteiger partial charge in [-0.1, -0.05) is 13.8 Å². The fourth-order valence-corrected chi connectivity index (χ4v) is 3.88. The minimum atomic E-state index is -0.682. The molecule has 0 aromatic carbocycles. The summed E-state index contributed by atoms with van der Waals surface area (Å²) in [7, 11) is 0. The number of β-amino-alcohol motifs (C(OH)–C–C–N with tert-alkyl or cyclic N) is 1. The molecule has 0 bridgehead atoms. The first kappa shape index (κ1) is 18.5. The van der Waals surface area contributed by atoms with Crippen LogP contribution in [0.3, 0.4) is 0 Å². The van der Waals surface area contributed by atoms with Gasteiger partial charge in [0.25, 0.3) is 5.56 Å². The van der Waals surface area contributed by atoms with Crippen molar-refractivity contribution < 1.29 is 9.84 Å². The van der Waals surface area contributed by atoms with Crippen LogP contribution in [-0.2, 0) is 11.3 Å². The summed E-state index contributed by atoms with van der Waals surface area (Å²) in [6.45, 7) is 8.70. The van der Waals surface area contributed by atoms with E-state index in [4.69, 9.17) is 4.74 Å². The van der Waals surface area contributed by atoms with Crippen LogP contribution in [-0.4, -0.2) is 58.0 Å². The topological polar surface area (TPSA) is 67.6 Å². The van der Waals surface area contributed by atoms with Gasteiger partial charge in [0, 0.05) is 25.8 Å². The van der Waals surface area contributed by atoms with Crippen LogP contribution in [0.4, 0.5) is 0 Å². The number of hydrogen-bond acceptors (Lipinski definition) is 5. The molecule has 2 fully saturated rings. The average Bonchev–Trinajstić information content (AvgIpc) is 2.58. The van der Waals surface area contributed by atoms with E-state index in [2.05, 4.69) is 9.88 Å². The van der Waals surface area contributed by atoms with Gasteiger partial charge in [0.15, 0.2) is 0 Å². The summed E-state index contributed by atoms with van der Waals surface area (Å²) in [6, 6.07) is 1.67. The normalized spacial score (nSPS) is 26.2. The third kappa shape index (κ3) is 4.90. The number of aliphatic hydroxyl groups is 1. The lowest BCUT2D eigenvalue weighted by atomic mass is 9.92. The predicted octanol–water partition coefficient (Wildman–Crippen LogP) is 1.62. The van der Waals surface area contributed by atoms with E-state index in [0.29, 0.717) is 19.1 Å². The zero-order valence-corrected chi connectivity index (χ0v) is 15.5. The molecule has 0 aliphatic carbocycles. The van der Waals surface area contributed by atoms with Crippen molar-refractivity contribution in [1.29, 1.82) is 0 Å².